The van der Waals surface area contributed by atoms with E-state index in [1.54, 1.807) is 47.3 Å². The minimum Gasteiger partial charge on any atom is -0.321 e. The maximum absolute atomic E-state index is 13.0. The van der Waals surface area contributed by atoms with Gasteiger partial charge in [-0.2, -0.15) is 10.2 Å². The highest BCUT2D eigenvalue weighted by molar-refractivity contribution is 6.11. The summed E-state index contributed by atoms with van der Waals surface area (Å²) in [4.78, 5) is 25.7. The summed E-state index contributed by atoms with van der Waals surface area (Å²) in [5, 5.41) is 12.5. The first-order valence-corrected chi connectivity index (χ1v) is 9.44. The van der Waals surface area contributed by atoms with Crippen LogP contribution >= 0.6 is 0 Å². The van der Waals surface area contributed by atoms with Crippen LogP contribution in [-0.4, -0.2) is 25.5 Å². The van der Waals surface area contributed by atoms with Gasteiger partial charge in [-0.05, 0) is 42.3 Å². The second kappa shape index (κ2) is 7.71. The molecule has 7 heteroatoms. The molecule has 1 amide bonds. The van der Waals surface area contributed by atoms with E-state index in [4.69, 9.17) is 0 Å². The zero-order valence-corrected chi connectivity index (χ0v) is 16.2. The van der Waals surface area contributed by atoms with Crippen molar-refractivity contribution in [1.29, 1.82) is 0 Å². The number of nitrogens with zero attached hydrogens (tertiary/aromatic N) is 4. The molecule has 4 aromatic rings. The van der Waals surface area contributed by atoms with Gasteiger partial charge in [0.05, 0.1) is 11.1 Å². The summed E-state index contributed by atoms with van der Waals surface area (Å²) in [5.41, 5.74) is 1.58. The molecule has 29 heavy (non-hydrogen) atoms. The van der Waals surface area contributed by atoms with Crippen molar-refractivity contribution in [2.24, 2.45) is 5.92 Å². The molecule has 4 rings (SSSR count). The predicted molar refractivity (Wildman–Crippen MR) is 112 cm³/mol. The quantitative estimate of drug-likeness (QED) is 0.568. The molecule has 0 fully saturated rings. The molecule has 7 nitrogen and oxygen atoms in total. The van der Waals surface area contributed by atoms with Crippen LogP contribution in [0.5, 0.6) is 0 Å². The smallest absolute Gasteiger partial charge is 0.276 e. The lowest BCUT2D eigenvalue weighted by Crippen LogP contribution is -2.29. The Hall–Kier alpha value is -3.74. The van der Waals surface area contributed by atoms with E-state index in [1.165, 1.54) is 4.68 Å². The van der Waals surface area contributed by atoms with E-state index in [2.05, 4.69) is 15.5 Å². The number of hydrogen-bond donors (Lipinski definition) is 1. The van der Waals surface area contributed by atoms with Gasteiger partial charge in [0, 0.05) is 30.0 Å². The average Bonchev–Trinajstić information content (AvgIpc) is 3.25. The maximum Gasteiger partial charge on any atom is 0.276 e. The molecule has 0 atom stereocenters. The number of carbonyl (C=O) groups is 1. The van der Waals surface area contributed by atoms with Crippen LogP contribution in [0.15, 0.2) is 71.8 Å². The van der Waals surface area contributed by atoms with Crippen molar-refractivity contribution in [2.75, 3.05) is 5.32 Å². The van der Waals surface area contributed by atoms with Crippen molar-refractivity contribution in [1.82, 2.24) is 19.6 Å². The molecule has 0 radical (unpaired) electrons. The third kappa shape index (κ3) is 3.80. The van der Waals surface area contributed by atoms with E-state index < -0.39 is 0 Å². The van der Waals surface area contributed by atoms with Crippen LogP contribution in [0.3, 0.4) is 0 Å². The minimum atomic E-state index is -0.356. The second-order valence-corrected chi connectivity index (χ2v) is 7.23. The second-order valence-electron chi connectivity index (χ2n) is 7.23. The standard InChI is InChI=1S/C22H21N5O2/c1-15(2)14-27-22(29)19-7-4-3-6-18(19)20(25-27)21(28)24-16-8-10-17(11-9-16)26-13-5-12-23-26/h3-13,15H,14H2,1-2H3,(H,24,28). The van der Waals surface area contributed by atoms with E-state index in [9.17, 15) is 9.59 Å². The lowest BCUT2D eigenvalue weighted by molar-refractivity contribution is 0.102. The Labute approximate surface area is 167 Å². The lowest BCUT2D eigenvalue weighted by Gasteiger charge is -2.13. The highest BCUT2D eigenvalue weighted by atomic mass is 16.2. The first kappa shape index (κ1) is 18.6. The zero-order chi connectivity index (χ0) is 20.4. The maximum atomic E-state index is 13.0. The summed E-state index contributed by atoms with van der Waals surface area (Å²) in [6.07, 6.45) is 3.56. The molecule has 146 valence electrons. The van der Waals surface area contributed by atoms with Gasteiger partial charge >= 0.3 is 0 Å². The minimum absolute atomic E-state index is 0.186. The van der Waals surface area contributed by atoms with Crippen LogP contribution in [0.1, 0.15) is 24.3 Å². The van der Waals surface area contributed by atoms with Crippen LogP contribution in [0.4, 0.5) is 5.69 Å². The van der Waals surface area contributed by atoms with Gasteiger partial charge in [0.15, 0.2) is 5.69 Å². The number of carbonyl (C=O) groups excluding carboxylic acids is 1. The van der Waals surface area contributed by atoms with Gasteiger partial charge in [0.1, 0.15) is 0 Å². The predicted octanol–water partition coefficient (Wildman–Crippen LogP) is 3.49. The van der Waals surface area contributed by atoms with Crippen molar-refractivity contribution in [3.63, 3.8) is 0 Å². The van der Waals surface area contributed by atoms with Crippen LogP contribution in [0, 0.1) is 5.92 Å². The SMILES string of the molecule is CC(C)Cn1nc(C(=O)Nc2ccc(-n3cccn3)cc2)c2ccccc2c1=O. The van der Waals surface area contributed by atoms with Crippen molar-refractivity contribution in [2.45, 2.75) is 20.4 Å². The van der Waals surface area contributed by atoms with Gasteiger partial charge < -0.3 is 5.32 Å². The molecular weight excluding hydrogens is 366 g/mol. The number of fused-ring (bicyclic) bond motifs is 1. The van der Waals surface area contributed by atoms with E-state index >= 15 is 0 Å². The Balaban J connectivity index is 1.67. The molecule has 1 N–H and O–H groups in total. The molecule has 0 bridgehead atoms. The molecule has 2 aromatic carbocycles. The lowest BCUT2D eigenvalue weighted by atomic mass is 10.1. The van der Waals surface area contributed by atoms with Crippen LogP contribution < -0.4 is 10.9 Å². The first-order valence-electron chi connectivity index (χ1n) is 9.44. The molecule has 0 aliphatic carbocycles. The Morgan fingerprint density at radius 1 is 1.03 bits per heavy atom. The average molecular weight is 387 g/mol. The van der Waals surface area contributed by atoms with Gasteiger partial charge in [-0.25, -0.2) is 9.36 Å². The number of hydrogen-bond acceptors (Lipinski definition) is 4. The molecule has 2 heterocycles. The summed E-state index contributed by atoms with van der Waals surface area (Å²) in [5.74, 6) is -0.127. The first-order chi connectivity index (χ1) is 14.0. The monoisotopic (exact) mass is 387 g/mol. The van der Waals surface area contributed by atoms with Gasteiger partial charge in [-0.15, -0.1) is 0 Å². The summed E-state index contributed by atoms with van der Waals surface area (Å²) < 4.78 is 3.12. The summed E-state index contributed by atoms with van der Waals surface area (Å²) in [6.45, 7) is 4.46. The summed E-state index contributed by atoms with van der Waals surface area (Å²) >= 11 is 0. The van der Waals surface area contributed by atoms with E-state index in [0.29, 0.717) is 23.0 Å². The van der Waals surface area contributed by atoms with E-state index in [1.807, 2.05) is 38.2 Å². The van der Waals surface area contributed by atoms with Crippen molar-refractivity contribution < 1.29 is 4.79 Å². The van der Waals surface area contributed by atoms with Crippen molar-refractivity contribution in [3.8, 4) is 5.69 Å². The fourth-order valence-corrected chi connectivity index (χ4v) is 3.18. The molecule has 2 aromatic heterocycles. The number of anilines is 1. The normalized spacial score (nSPS) is 11.1. The highest BCUT2D eigenvalue weighted by Gasteiger charge is 2.17. The van der Waals surface area contributed by atoms with Gasteiger partial charge in [0.2, 0.25) is 0 Å². The molecule has 0 spiro atoms. The Kier molecular flexibility index (Phi) is 4.95. The Morgan fingerprint density at radius 3 is 2.41 bits per heavy atom. The van der Waals surface area contributed by atoms with Gasteiger partial charge in [-0.1, -0.05) is 32.0 Å². The number of amides is 1. The van der Waals surface area contributed by atoms with Crippen LogP contribution in [0.2, 0.25) is 0 Å². The van der Waals surface area contributed by atoms with Gasteiger partial charge in [0.25, 0.3) is 11.5 Å². The number of nitrogens with one attached hydrogen (secondary N) is 1. The van der Waals surface area contributed by atoms with Crippen molar-refractivity contribution in [3.05, 3.63) is 83.0 Å². The molecule has 0 aliphatic heterocycles. The fourth-order valence-electron chi connectivity index (χ4n) is 3.18. The fraction of sp³-hybridized carbons (Fsp3) is 0.182. The Bertz CT molecular complexity index is 1210. The largest absolute Gasteiger partial charge is 0.321 e. The molecule has 0 saturated heterocycles. The number of benzene rings is 2. The molecular formula is C22H21N5O2. The topological polar surface area (TPSA) is 81.8 Å². The van der Waals surface area contributed by atoms with E-state index in [0.717, 1.165) is 5.69 Å². The summed E-state index contributed by atoms with van der Waals surface area (Å²) in [7, 11) is 0. The van der Waals surface area contributed by atoms with E-state index in [-0.39, 0.29) is 23.1 Å². The number of aromatic nitrogens is 4. The number of rotatable bonds is 5. The third-order valence-electron chi connectivity index (χ3n) is 4.52. The zero-order valence-electron chi connectivity index (χ0n) is 16.2. The van der Waals surface area contributed by atoms with Gasteiger partial charge in [-0.3, -0.25) is 9.59 Å². The Morgan fingerprint density at radius 2 is 1.76 bits per heavy atom. The third-order valence-corrected chi connectivity index (χ3v) is 4.52. The molecule has 0 saturated carbocycles. The molecule has 0 unspecified atom stereocenters. The summed E-state index contributed by atoms with van der Waals surface area (Å²) in [6, 6.07) is 16.3. The van der Waals surface area contributed by atoms with Crippen molar-refractivity contribution >= 4 is 22.4 Å². The van der Waals surface area contributed by atoms with Crippen LogP contribution in [0.25, 0.3) is 16.5 Å². The van der Waals surface area contributed by atoms with Crippen LogP contribution in [-0.2, 0) is 6.54 Å². The molecule has 0 aliphatic rings. The highest BCUT2D eigenvalue weighted by Crippen LogP contribution is 2.17.